The van der Waals surface area contributed by atoms with Gasteiger partial charge in [0.25, 0.3) is 0 Å². The lowest BCUT2D eigenvalue weighted by Gasteiger charge is -2.07. The Kier molecular flexibility index (Phi) is 4.81. The normalized spacial score (nSPS) is 10.8. The van der Waals surface area contributed by atoms with Crippen molar-refractivity contribution in [2.75, 3.05) is 6.61 Å². The van der Waals surface area contributed by atoms with Gasteiger partial charge in [-0.25, -0.2) is 9.37 Å². The van der Waals surface area contributed by atoms with E-state index in [1.54, 1.807) is 30.3 Å². The van der Waals surface area contributed by atoms with Gasteiger partial charge < -0.3 is 14.8 Å². The largest absolute Gasteiger partial charge is 0.504 e. The van der Waals surface area contributed by atoms with Crippen LogP contribution >= 0.6 is 0 Å². The number of nitrogens with one attached hydrogen (secondary N) is 1. The Hall–Kier alpha value is -3.60. The van der Waals surface area contributed by atoms with Crippen molar-refractivity contribution in [2.24, 2.45) is 0 Å². The van der Waals surface area contributed by atoms with Crippen molar-refractivity contribution in [1.29, 1.82) is 0 Å². The van der Waals surface area contributed by atoms with Gasteiger partial charge in [-0.05, 0) is 49.4 Å². The molecule has 140 valence electrons. The fourth-order valence-corrected chi connectivity index (χ4v) is 3.07. The van der Waals surface area contributed by atoms with Gasteiger partial charge >= 0.3 is 0 Å². The lowest BCUT2D eigenvalue weighted by atomic mass is 10.1. The van der Waals surface area contributed by atoms with Crippen molar-refractivity contribution < 1.29 is 14.2 Å². The molecule has 2 N–H and O–H groups in total. The number of nitrogens with zero attached hydrogens (tertiary/aromatic N) is 1. The van der Waals surface area contributed by atoms with Gasteiger partial charge in [-0.1, -0.05) is 30.3 Å². The quantitative estimate of drug-likeness (QED) is 0.474. The number of hydrogen-bond donors (Lipinski definition) is 2. The van der Waals surface area contributed by atoms with Crippen LogP contribution in [0.4, 0.5) is 4.39 Å². The standard InChI is InChI=1S/C23H19FN2O2/c1-2-28-20-14-17(10-13-19(20)27)23-25-21(15-6-4-3-5-7-15)22(26-23)16-8-11-18(24)12-9-16/h3-14,27H,2H2,1H3,(H,25,26). The molecule has 0 spiro atoms. The molecule has 1 heterocycles. The molecule has 0 fully saturated rings. The smallest absolute Gasteiger partial charge is 0.161 e. The molecule has 0 aliphatic rings. The molecule has 0 unspecified atom stereocenters. The molecule has 0 amide bonds. The van der Waals surface area contributed by atoms with E-state index in [2.05, 4.69) is 4.98 Å². The van der Waals surface area contributed by atoms with Crippen molar-refractivity contribution in [3.05, 3.63) is 78.6 Å². The first-order valence-electron chi connectivity index (χ1n) is 9.03. The summed E-state index contributed by atoms with van der Waals surface area (Å²) in [5.41, 5.74) is 4.14. The fourth-order valence-electron chi connectivity index (χ4n) is 3.07. The number of phenolic OH excluding ortho intramolecular Hbond substituents is 1. The summed E-state index contributed by atoms with van der Waals surface area (Å²) in [4.78, 5) is 8.14. The van der Waals surface area contributed by atoms with Crippen LogP contribution in [-0.4, -0.2) is 21.7 Å². The molecular weight excluding hydrogens is 355 g/mol. The third kappa shape index (κ3) is 3.47. The average Bonchev–Trinajstić information content (AvgIpc) is 3.16. The molecule has 0 bridgehead atoms. The Morgan fingerprint density at radius 3 is 2.36 bits per heavy atom. The minimum atomic E-state index is -0.287. The first-order valence-corrected chi connectivity index (χ1v) is 9.03. The zero-order valence-corrected chi connectivity index (χ0v) is 15.3. The van der Waals surface area contributed by atoms with Crippen LogP contribution in [0.5, 0.6) is 11.5 Å². The summed E-state index contributed by atoms with van der Waals surface area (Å²) in [5.74, 6) is 0.837. The van der Waals surface area contributed by atoms with E-state index < -0.39 is 0 Å². The van der Waals surface area contributed by atoms with Crippen LogP contribution in [0.1, 0.15) is 6.92 Å². The number of aromatic hydroxyl groups is 1. The van der Waals surface area contributed by atoms with E-state index in [1.165, 1.54) is 12.1 Å². The highest BCUT2D eigenvalue weighted by atomic mass is 19.1. The van der Waals surface area contributed by atoms with E-state index >= 15 is 0 Å². The number of H-pyrrole nitrogens is 1. The second-order valence-electron chi connectivity index (χ2n) is 6.30. The number of phenols is 1. The number of aromatic amines is 1. The van der Waals surface area contributed by atoms with Gasteiger partial charge in [-0.3, -0.25) is 0 Å². The van der Waals surface area contributed by atoms with Crippen molar-refractivity contribution in [1.82, 2.24) is 9.97 Å². The molecule has 0 saturated carbocycles. The zero-order chi connectivity index (χ0) is 19.5. The van der Waals surface area contributed by atoms with E-state index in [4.69, 9.17) is 9.72 Å². The third-order valence-electron chi connectivity index (χ3n) is 4.42. The molecule has 0 radical (unpaired) electrons. The predicted molar refractivity (Wildman–Crippen MR) is 108 cm³/mol. The molecular formula is C23H19FN2O2. The molecule has 28 heavy (non-hydrogen) atoms. The van der Waals surface area contributed by atoms with Crippen LogP contribution in [-0.2, 0) is 0 Å². The minimum absolute atomic E-state index is 0.0826. The minimum Gasteiger partial charge on any atom is -0.504 e. The van der Waals surface area contributed by atoms with E-state index in [0.29, 0.717) is 18.2 Å². The Labute approximate surface area is 162 Å². The maximum Gasteiger partial charge on any atom is 0.161 e. The summed E-state index contributed by atoms with van der Waals surface area (Å²) in [6.07, 6.45) is 0. The number of imidazole rings is 1. The molecule has 0 atom stereocenters. The lowest BCUT2D eigenvalue weighted by Crippen LogP contribution is -1.92. The Bertz CT molecular complexity index is 1090. The lowest BCUT2D eigenvalue weighted by molar-refractivity contribution is 0.318. The highest BCUT2D eigenvalue weighted by Crippen LogP contribution is 2.35. The van der Waals surface area contributed by atoms with E-state index in [1.807, 2.05) is 37.3 Å². The Morgan fingerprint density at radius 1 is 0.929 bits per heavy atom. The van der Waals surface area contributed by atoms with E-state index in [9.17, 15) is 9.50 Å². The summed E-state index contributed by atoms with van der Waals surface area (Å²) >= 11 is 0. The second kappa shape index (κ2) is 7.56. The summed E-state index contributed by atoms with van der Waals surface area (Å²) in [6, 6.07) is 21.2. The molecule has 1 aromatic heterocycles. The maximum absolute atomic E-state index is 13.4. The van der Waals surface area contributed by atoms with Crippen molar-refractivity contribution >= 4 is 0 Å². The van der Waals surface area contributed by atoms with Crippen LogP contribution < -0.4 is 4.74 Å². The molecule has 5 heteroatoms. The Morgan fingerprint density at radius 2 is 1.64 bits per heavy atom. The molecule has 0 saturated heterocycles. The monoisotopic (exact) mass is 374 g/mol. The molecule has 4 rings (SSSR count). The zero-order valence-electron chi connectivity index (χ0n) is 15.3. The van der Waals surface area contributed by atoms with Gasteiger partial charge in [0.1, 0.15) is 11.6 Å². The van der Waals surface area contributed by atoms with Crippen molar-refractivity contribution in [3.63, 3.8) is 0 Å². The molecule has 4 aromatic rings. The van der Waals surface area contributed by atoms with E-state index in [-0.39, 0.29) is 11.6 Å². The van der Waals surface area contributed by atoms with Crippen LogP contribution in [0.3, 0.4) is 0 Å². The van der Waals surface area contributed by atoms with Crippen LogP contribution in [0, 0.1) is 5.82 Å². The van der Waals surface area contributed by atoms with Gasteiger partial charge in [-0.15, -0.1) is 0 Å². The molecule has 3 aromatic carbocycles. The summed E-state index contributed by atoms with van der Waals surface area (Å²) in [6.45, 7) is 2.31. The summed E-state index contributed by atoms with van der Waals surface area (Å²) in [5, 5.41) is 9.96. The van der Waals surface area contributed by atoms with Gasteiger partial charge in [0.05, 0.1) is 18.0 Å². The second-order valence-corrected chi connectivity index (χ2v) is 6.30. The highest BCUT2D eigenvalue weighted by molar-refractivity contribution is 5.81. The predicted octanol–water partition coefficient (Wildman–Crippen LogP) is 5.65. The van der Waals surface area contributed by atoms with Crippen LogP contribution in [0.2, 0.25) is 0 Å². The number of rotatable bonds is 5. The Balaban J connectivity index is 1.86. The van der Waals surface area contributed by atoms with Crippen molar-refractivity contribution in [2.45, 2.75) is 6.92 Å². The SMILES string of the molecule is CCOc1cc(-c2nc(-c3ccccc3)c(-c3ccc(F)cc3)[nH]2)ccc1O. The summed E-state index contributed by atoms with van der Waals surface area (Å²) in [7, 11) is 0. The fraction of sp³-hybridized carbons (Fsp3) is 0.0870. The average molecular weight is 374 g/mol. The summed E-state index contributed by atoms with van der Waals surface area (Å²) < 4.78 is 18.9. The first kappa shape index (κ1) is 17.8. The van der Waals surface area contributed by atoms with Gasteiger partial charge in [-0.2, -0.15) is 0 Å². The third-order valence-corrected chi connectivity index (χ3v) is 4.42. The van der Waals surface area contributed by atoms with Gasteiger partial charge in [0, 0.05) is 16.7 Å². The molecule has 4 nitrogen and oxygen atoms in total. The van der Waals surface area contributed by atoms with Gasteiger partial charge in [0.2, 0.25) is 0 Å². The van der Waals surface area contributed by atoms with Crippen LogP contribution in [0.25, 0.3) is 33.9 Å². The van der Waals surface area contributed by atoms with Crippen molar-refractivity contribution in [3.8, 4) is 45.4 Å². The number of hydrogen-bond acceptors (Lipinski definition) is 3. The number of halogens is 1. The van der Waals surface area contributed by atoms with E-state index in [0.717, 1.165) is 28.1 Å². The number of ether oxygens (including phenoxy) is 1. The topological polar surface area (TPSA) is 58.1 Å². The highest BCUT2D eigenvalue weighted by Gasteiger charge is 2.16. The van der Waals surface area contributed by atoms with Crippen LogP contribution in [0.15, 0.2) is 72.8 Å². The maximum atomic E-state index is 13.4. The number of aromatic nitrogens is 2. The first-order chi connectivity index (χ1) is 13.7. The van der Waals surface area contributed by atoms with Gasteiger partial charge in [0.15, 0.2) is 11.5 Å². The molecule has 0 aliphatic carbocycles. The molecule has 0 aliphatic heterocycles. The number of benzene rings is 3.